The standard InChI is InChI=1S/C7H12N2O/c1-4-6-5(2)9(3)8-7(6)10/h4H2,1-3H3,(H,8,10). The van der Waals surface area contributed by atoms with Crippen LogP contribution in [0.5, 0.6) is 0 Å². The van der Waals surface area contributed by atoms with Gasteiger partial charge in [-0.2, -0.15) is 0 Å². The Morgan fingerprint density at radius 2 is 2.20 bits per heavy atom. The Labute approximate surface area is 59.7 Å². The molecule has 0 atom stereocenters. The highest BCUT2D eigenvalue weighted by Crippen LogP contribution is 1.99. The van der Waals surface area contributed by atoms with Gasteiger partial charge in [-0.3, -0.25) is 14.6 Å². The molecule has 0 aliphatic rings. The molecule has 0 aliphatic heterocycles. The molecule has 56 valence electrons. The zero-order chi connectivity index (χ0) is 7.72. The first-order valence-electron chi connectivity index (χ1n) is 3.41. The predicted octanol–water partition coefficient (Wildman–Crippen LogP) is 0.584. The summed E-state index contributed by atoms with van der Waals surface area (Å²) in [5.41, 5.74) is 1.97. The van der Waals surface area contributed by atoms with Crippen molar-refractivity contribution in [2.45, 2.75) is 20.3 Å². The van der Waals surface area contributed by atoms with E-state index in [0.717, 1.165) is 17.7 Å². The van der Waals surface area contributed by atoms with Crippen LogP contribution in [0.25, 0.3) is 0 Å². The molecule has 0 saturated heterocycles. The number of hydrogen-bond donors (Lipinski definition) is 1. The first-order valence-corrected chi connectivity index (χ1v) is 3.41. The Morgan fingerprint density at radius 3 is 2.40 bits per heavy atom. The largest absolute Gasteiger partial charge is 0.292 e. The summed E-state index contributed by atoms with van der Waals surface area (Å²) in [5, 5.41) is 2.69. The van der Waals surface area contributed by atoms with E-state index in [1.54, 1.807) is 4.68 Å². The molecule has 0 amide bonds. The molecule has 0 unspecified atom stereocenters. The second-order valence-corrected chi connectivity index (χ2v) is 2.42. The topological polar surface area (TPSA) is 37.8 Å². The van der Waals surface area contributed by atoms with Crippen LogP contribution in [-0.2, 0) is 13.5 Å². The highest BCUT2D eigenvalue weighted by molar-refractivity contribution is 5.15. The van der Waals surface area contributed by atoms with Crippen molar-refractivity contribution in [1.29, 1.82) is 0 Å². The van der Waals surface area contributed by atoms with E-state index in [4.69, 9.17) is 0 Å². The summed E-state index contributed by atoms with van der Waals surface area (Å²) >= 11 is 0. The highest BCUT2D eigenvalue weighted by atomic mass is 16.1. The zero-order valence-corrected chi connectivity index (χ0v) is 6.56. The molecule has 1 rings (SSSR count). The Bertz CT molecular complexity index is 282. The first-order chi connectivity index (χ1) is 4.66. The molecule has 1 aromatic rings. The normalized spacial score (nSPS) is 10.3. The lowest BCUT2D eigenvalue weighted by molar-refractivity contribution is 0.730. The molecular formula is C7H12N2O. The molecule has 0 spiro atoms. The van der Waals surface area contributed by atoms with Gasteiger partial charge in [0, 0.05) is 18.3 Å². The molecule has 0 bridgehead atoms. The van der Waals surface area contributed by atoms with Crippen LogP contribution in [0.15, 0.2) is 4.79 Å². The summed E-state index contributed by atoms with van der Waals surface area (Å²) in [4.78, 5) is 11.0. The third-order valence-electron chi connectivity index (χ3n) is 1.84. The molecular weight excluding hydrogens is 128 g/mol. The number of nitrogens with zero attached hydrogens (tertiary/aromatic N) is 1. The quantitative estimate of drug-likeness (QED) is 0.609. The molecule has 0 aromatic carbocycles. The predicted molar refractivity (Wildman–Crippen MR) is 40.1 cm³/mol. The molecule has 10 heavy (non-hydrogen) atoms. The van der Waals surface area contributed by atoms with Crippen molar-refractivity contribution in [3.8, 4) is 0 Å². The summed E-state index contributed by atoms with van der Waals surface area (Å²) in [5.74, 6) is 0. The Morgan fingerprint density at radius 1 is 1.60 bits per heavy atom. The number of nitrogens with one attached hydrogen (secondary N) is 1. The van der Waals surface area contributed by atoms with E-state index >= 15 is 0 Å². The molecule has 3 nitrogen and oxygen atoms in total. The first kappa shape index (κ1) is 7.12. The van der Waals surface area contributed by atoms with Crippen LogP contribution in [0.4, 0.5) is 0 Å². The fourth-order valence-electron chi connectivity index (χ4n) is 1.09. The molecule has 1 heterocycles. The van der Waals surface area contributed by atoms with E-state index in [2.05, 4.69) is 5.10 Å². The van der Waals surface area contributed by atoms with E-state index in [9.17, 15) is 4.79 Å². The third-order valence-corrected chi connectivity index (χ3v) is 1.84. The minimum absolute atomic E-state index is 0.0440. The van der Waals surface area contributed by atoms with Gasteiger partial charge in [0.2, 0.25) is 0 Å². The van der Waals surface area contributed by atoms with Gasteiger partial charge in [-0.15, -0.1) is 0 Å². The van der Waals surface area contributed by atoms with Crippen LogP contribution in [0, 0.1) is 6.92 Å². The van der Waals surface area contributed by atoms with Crippen molar-refractivity contribution in [1.82, 2.24) is 9.78 Å². The minimum atomic E-state index is 0.0440. The molecule has 0 radical (unpaired) electrons. The zero-order valence-electron chi connectivity index (χ0n) is 6.56. The lowest BCUT2D eigenvalue weighted by atomic mass is 10.2. The molecule has 0 saturated carbocycles. The van der Waals surface area contributed by atoms with Crippen molar-refractivity contribution in [3.05, 3.63) is 21.6 Å². The van der Waals surface area contributed by atoms with Gasteiger partial charge >= 0.3 is 0 Å². The number of rotatable bonds is 1. The smallest absolute Gasteiger partial charge is 0.267 e. The molecule has 0 aliphatic carbocycles. The molecule has 1 aromatic heterocycles. The maximum atomic E-state index is 11.0. The van der Waals surface area contributed by atoms with Gasteiger partial charge < -0.3 is 0 Å². The maximum Gasteiger partial charge on any atom is 0.267 e. The van der Waals surface area contributed by atoms with Crippen LogP contribution in [0.2, 0.25) is 0 Å². The van der Waals surface area contributed by atoms with Crippen LogP contribution in [0.1, 0.15) is 18.2 Å². The second-order valence-electron chi connectivity index (χ2n) is 2.42. The average molecular weight is 140 g/mol. The van der Waals surface area contributed by atoms with E-state index in [1.807, 2.05) is 20.9 Å². The van der Waals surface area contributed by atoms with Crippen LogP contribution in [0.3, 0.4) is 0 Å². The number of aromatic amines is 1. The highest BCUT2D eigenvalue weighted by Gasteiger charge is 2.04. The van der Waals surface area contributed by atoms with Gasteiger partial charge in [0.15, 0.2) is 0 Å². The van der Waals surface area contributed by atoms with Gasteiger partial charge in [0.25, 0.3) is 5.56 Å². The Balaban J connectivity index is 3.34. The fraction of sp³-hybridized carbons (Fsp3) is 0.571. The number of aryl methyl sites for hydroxylation is 1. The van der Waals surface area contributed by atoms with Crippen molar-refractivity contribution >= 4 is 0 Å². The summed E-state index contributed by atoms with van der Waals surface area (Å²) in [7, 11) is 1.84. The second kappa shape index (κ2) is 2.33. The van der Waals surface area contributed by atoms with Crippen molar-refractivity contribution in [2.75, 3.05) is 0 Å². The average Bonchev–Trinajstić information content (AvgIpc) is 2.09. The van der Waals surface area contributed by atoms with Crippen LogP contribution >= 0.6 is 0 Å². The number of aromatic nitrogens is 2. The third kappa shape index (κ3) is 0.875. The lowest BCUT2D eigenvalue weighted by Crippen LogP contribution is -2.05. The molecule has 0 fully saturated rings. The van der Waals surface area contributed by atoms with Crippen LogP contribution < -0.4 is 5.56 Å². The number of H-pyrrole nitrogens is 1. The summed E-state index contributed by atoms with van der Waals surface area (Å²) in [6.07, 6.45) is 0.808. The van der Waals surface area contributed by atoms with E-state index < -0.39 is 0 Å². The van der Waals surface area contributed by atoms with Gasteiger partial charge in [-0.25, -0.2) is 0 Å². The maximum absolute atomic E-state index is 11.0. The van der Waals surface area contributed by atoms with Crippen molar-refractivity contribution < 1.29 is 0 Å². The fourth-order valence-corrected chi connectivity index (χ4v) is 1.09. The van der Waals surface area contributed by atoms with E-state index in [-0.39, 0.29) is 5.56 Å². The number of hydrogen-bond acceptors (Lipinski definition) is 1. The van der Waals surface area contributed by atoms with Gasteiger partial charge in [0.05, 0.1) is 0 Å². The van der Waals surface area contributed by atoms with Gasteiger partial charge in [-0.05, 0) is 13.3 Å². The van der Waals surface area contributed by atoms with E-state index in [1.165, 1.54) is 0 Å². The molecule has 1 N–H and O–H groups in total. The Hall–Kier alpha value is -0.990. The summed E-state index contributed by atoms with van der Waals surface area (Å²) in [6, 6.07) is 0. The van der Waals surface area contributed by atoms with Crippen molar-refractivity contribution in [2.24, 2.45) is 7.05 Å². The Kier molecular flexibility index (Phi) is 1.66. The van der Waals surface area contributed by atoms with Gasteiger partial charge in [-0.1, -0.05) is 6.92 Å². The summed E-state index contributed by atoms with van der Waals surface area (Å²) in [6.45, 7) is 3.92. The SMILES string of the molecule is CCc1c(C)n(C)[nH]c1=O. The van der Waals surface area contributed by atoms with Crippen molar-refractivity contribution in [3.63, 3.8) is 0 Å². The molecule has 3 heteroatoms. The van der Waals surface area contributed by atoms with E-state index in [0.29, 0.717) is 0 Å². The van der Waals surface area contributed by atoms with Gasteiger partial charge in [0.1, 0.15) is 0 Å². The minimum Gasteiger partial charge on any atom is -0.292 e. The lowest BCUT2D eigenvalue weighted by Gasteiger charge is -1.93. The van der Waals surface area contributed by atoms with Crippen LogP contribution in [-0.4, -0.2) is 9.78 Å². The monoisotopic (exact) mass is 140 g/mol. The summed E-state index contributed by atoms with van der Waals surface area (Å²) < 4.78 is 1.75.